The number of imidazole rings is 2. The van der Waals surface area contributed by atoms with Gasteiger partial charge in [0.1, 0.15) is 18.3 Å². The molecule has 33 heavy (non-hydrogen) atoms. The maximum Gasteiger partial charge on any atom is 0.287 e. The number of phosphoric acid groups is 1. The van der Waals surface area contributed by atoms with E-state index in [0.717, 1.165) is 11.1 Å². The molecule has 2 fully saturated rings. The molecule has 2 aliphatic rings. The smallest absolute Gasteiger partial charge is 0.287 e. The Balaban J connectivity index is 1.47. The van der Waals surface area contributed by atoms with Gasteiger partial charge in [-0.1, -0.05) is 29.8 Å². The van der Waals surface area contributed by atoms with Gasteiger partial charge in [0.05, 0.1) is 12.3 Å². The summed E-state index contributed by atoms with van der Waals surface area (Å²) in [6.07, 6.45) is -2.81. The molecule has 3 unspecified atom stereocenters. The maximum absolute atomic E-state index is 13.2. The van der Waals surface area contributed by atoms with Crippen LogP contribution in [0.1, 0.15) is 11.8 Å². The first-order valence-corrected chi connectivity index (χ1v) is 12.2. The number of aryl methyl sites for hydroxylation is 1. The van der Waals surface area contributed by atoms with Crippen LogP contribution in [0.4, 0.5) is 0 Å². The molecule has 5 atom stereocenters. The van der Waals surface area contributed by atoms with E-state index >= 15 is 0 Å². The summed E-state index contributed by atoms with van der Waals surface area (Å²) in [5.41, 5.74) is 2.46. The molecule has 0 aliphatic carbocycles. The predicted octanol–water partition coefficient (Wildman–Crippen LogP) is 1.25. The molecule has 12 nitrogen and oxygen atoms in total. The number of aliphatic hydroxyl groups excluding tert-OH is 1. The van der Waals surface area contributed by atoms with Crippen LogP contribution < -0.4 is 10.5 Å². The van der Waals surface area contributed by atoms with Crippen LogP contribution in [0, 0.1) is 6.92 Å². The lowest BCUT2D eigenvalue weighted by Gasteiger charge is -2.34. The molecule has 6 rings (SSSR count). The Morgan fingerprint density at radius 2 is 2.06 bits per heavy atom. The second-order valence-electron chi connectivity index (χ2n) is 7.94. The van der Waals surface area contributed by atoms with E-state index in [1.54, 1.807) is 6.20 Å². The molecule has 0 saturated carbocycles. The van der Waals surface area contributed by atoms with Crippen molar-refractivity contribution >= 4 is 40.7 Å². The number of ether oxygens (including phenoxy) is 1. The monoisotopic (exact) mass is 536 g/mol. The number of hydrogen-bond donors (Lipinski definition) is 2. The number of hydrogen-bond acceptors (Lipinski definition) is 9. The molecule has 2 N–H and O–H groups in total. The molecule has 2 aliphatic heterocycles. The van der Waals surface area contributed by atoms with Crippen molar-refractivity contribution in [3.63, 3.8) is 0 Å². The van der Waals surface area contributed by atoms with Gasteiger partial charge in [-0.05, 0) is 28.4 Å². The van der Waals surface area contributed by atoms with Gasteiger partial charge in [0.2, 0.25) is 5.78 Å². The van der Waals surface area contributed by atoms with Crippen molar-refractivity contribution in [1.82, 2.24) is 23.9 Å². The van der Waals surface area contributed by atoms with Crippen molar-refractivity contribution in [3.05, 3.63) is 51.1 Å². The first-order valence-electron chi connectivity index (χ1n) is 9.95. The van der Waals surface area contributed by atoms with Crippen molar-refractivity contribution in [3.8, 4) is 11.3 Å². The Morgan fingerprint density at radius 1 is 1.30 bits per heavy atom. The standard InChI is InChI=1S/C19H17BrN5O7P/c1-8-2-4-9(5-3-8)10-6-24-16(27)12-15(23-19(24)21-10)25(18(20)22-12)17-13(26)14-11(31-17)7-30-33(28,29)32-14/h2-6,11,13-14,17,26H,7H2,1H3,(H,21,23)(H,28,29)/p-1/t11?,13?,14-,17-/m1/s1. The third-order valence-corrected chi connectivity index (χ3v) is 7.31. The Hall–Kier alpha value is -2.38. The molecular formula is C19H16BrN5O7P-. The average Bonchev–Trinajstić information content (AvgIpc) is 3.43. The minimum absolute atomic E-state index is 0.0474. The van der Waals surface area contributed by atoms with E-state index in [-0.39, 0.29) is 28.3 Å². The van der Waals surface area contributed by atoms with Crippen LogP contribution in [-0.2, 0) is 18.3 Å². The lowest BCUT2D eigenvalue weighted by atomic mass is 10.1. The Labute approximate surface area is 193 Å². The van der Waals surface area contributed by atoms with Gasteiger partial charge in [-0.3, -0.25) is 13.9 Å². The van der Waals surface area contributed by atoms with Gasteiger partial charge in [-0.15, -0.1) is 0 Å². The molecule has 0 spiro atoms. The number of nitrogens with one attached hydrogen (secondary N) is 1. The number of H-pyrrole nitrogens is 1. The lowest BCUT2D eigenvalue weighted by Crippen LogP contribution is -2.41. The fourth-order valence-corrected chi connectivity index (χ4v) is 5.64. The van der Waals surface area contributed by atoms with Gasteiger partial charge >= 0.3 is 0 Å². The quantitative estimate of drug-likeness (QED) is 0.284. The largest absolute Gasteiger partial charge is 0.756 e. The van der Waals surface area contributed by atoms with Crippen molar-refractivity contribution in [1.29, 1.82) is 0 Å². The number of halogens is 1. The third kappa shape index (κ3) is 3.31. The Kier molecular flexibility index (Phi) is 4.69. The molecule has 3 aromatic heterocycles. The van der Waals surface area contributed by atoms with Gasteiger partial charge in [0, 0.05) is 6.20 Å². The average molecular weight is 537 g/mol. The zero-order valence-electron chi connectivity index (χ0n) is 16.9. The molecule has 172 valence electrons. The molecular weight excluding hydrogens is 521 g/mol. The van der Waals surface area contributed by atoms with Crippen LogP contribution in [0.3, 0.4) is 0 Å². The molecule has 0 radical (unpaired) electrons. The number of aromatic amines is 1. The number of fused-ring (bicyclic) bond motifs is 3. The van der Waals surface area contributed by atoms with Gasteiger partial charge in [0.15, 0.2) is 22.1 Å². The van der Waals surface area contributed by atoms with Crippen LogP contribution in [-0.4, -0.2) is 53.9 Å². The second kappa shape index (κ2) is 7.31. The minimum atomic E-state index is -4.53. The fraction of sp³-hybridized carbons (Fsp3) is 0.316. The van der Waals surface area contributed by atoms with E-state index in [2.05, 4.69) is 35.4 Å². The molecule has 5 heterocycles. The van der Waals surface area contributed by atoms with Crippen molar-refractivity contribution in [2.75, 3.05) is 6.61 Å². The second-order valence-corrected chi connectivity index (χ2v) is 10.0. The van der Waals surface area contributed by atoms with E-state index in [4.69, 9.17) is 9.26 Å². The summed E-state index contributed by atoms with van der Waals surface area (Å²) < 4.78 is 30.0. The highest BCUT2D eigenvalue weighted by Crippen LogP contribution is 2.50. The summed E-state index contributed by atoms with van der Waals surface area (Å²) in [5.74, 6) is 0.269. The number of nitrogens with zero attached hydrogens (tertiary/aromatic N) is 4. The Morgan fingerprint density at radius 3 is 2.82 bits per heavy atom. The minimum Gasteiger partial charge on any atom is -0.756 e. The highest BCUT2D eigenvalue weighted by molar-refractivity contribution is 9.10. The number of aliphatic hydroxyl groups is 1. The molecule has 1 aromatic carbocycles. The van der Waals surface area contributed by atoms with Crippen LogP contribution in [0.5, 0.6) is 0 Å². The van der Waals surface area contributed by atoms with Gasteiger partial charge in [-0.25, -0.2) is 9.38 Å². The number of benzene rings is 1. The summed E-state index contributed by atoms with van der Waals surface area (Å²) in [7, 11) is -4.53. The summed E-state index contributed by atoms with van der Waals surface area (Å²) >= 11 is 3.30. The molecule has 0 amide bonds. The van der Waals surface area contributed by atoms with E-state index in [0.29, 0.717) is 5.69 Å². The normalized spacial score (nSPS) is 29.7. The van der Waals surface area contributed by atoms with Crippen LogP contribution >= 0.6 is 23.8 Å². The van der Waals surface area contributed by atoms with Gasteiger partial charge in [-0.2, -0.15) is 4.98 Å². The van der Waals surface area contributed by atoms with Crippen LogP contribution in [0.15, 0.2) is 40.0 Å². The summed E-state index contributed by atoms with van der Waals surface area (Å²) in [6.45, 7) is 1.69. The topological polar surface area (TPSA) is 156 Å². The third-order valence-electron chi connectivity index (χ3n) is 5.78. The lowest BCUT2D eigenvalue weighted by molar-refractivity contribution is -0.245. The zero-order chi connectivity index (χ0) is 23.1. The van der Waals surface area contributed by atoms with Crippen LogP contribution in [0.2, 0.25) is 0 Å². The number of rotatable bonds is 2. The molecule has 4 aromatic rings. The number of phosphoric ester groups is 1. The predicted molar refractivity (Wildman–Crippen MR) is 115 cm³/mol. The molecule has 14 heteroatoms. The SMILES string of the molecule is Cc1ccc(-c2cn3c(=O)c4nc(Br)n([C@@H]5OC6COP(=O)([O-])O[C@H]6C5O)c4nc3[nH]2)cc1. The van der Waals surface area contributed by atoms with E-state index in [1.165, 1.54) is 8.97 Å². The van der Waals surface area contributed by atoms with Gasteiger partial charge < -0.3 is 28.8 Å². The van der Waals surface area contributed by atoms with E-state index in [9.17, 15) is 19.4 Å². The van der Waals surface area contributed by atoms with Crippen LogP contribution in [0.25, 0.3) is 28.2 Å². The van der Waals surface area contributed by atoms with Crippen molar-refractivity contribution in [2.45, 2.75) is 31.5 Å². The fourth-order valence-electron chi connectivity index (χ4n) is 4.15. The van der Waals surface area contributed by atoms with E-state index in [1.807, 2.05) is 31.2 Å². The molecule has 0 bridgehead atoms. The van der Waals surface area contributed by atoms with E-state index < -0.39 is 37.9 Å². The highest BCUT2D eigenvalue weighted by atomic mass is 79.9. The highest BCUT2D eigenvalue weighted by Gasteiger charge is 2.51. The zero-order valence-corrected chi connectivity index (χ0v) is 19.4. The summed E-state index contributed by atoms with van der Waals surface area (Å²) in [4.78, 5) is 36.8. The van der Waals surface area contributed by atoms with Crippen molar-refractivity contribution in [2.24, 2.45) is 0 Å². The summed E-state index contributed by atoms with van der Waals surface area (Å²) in [5, 5.41) is 10.8. The number of aromatic nitrogens is 5. The molecule has 2 saturated heterocycles. The first-order chi connectivity index (χ1) is 15.7. The Bertz CT molecular complexity index is 1510. The van der Waals surface area contributed by atoms with Gasteiger partial charge in [0.25, 0.3) is 13.4 Å². The first kappa shape index (κ1) is 21.2. The maximum atomic E-state index is 13.2. The van der Waals surface area contributed by atoms with Crippen molar-refractivity contribution < 1.29 is 28.3 Å². The summed E-state index contributed by atoms with van der Waals surface area (Å²) in [6, 6.07) is 7.79.